The van der Waals surface area contributed by atoms with Crippen LogP contribution in [-0.2, 0) is 28.0 Å². The maximum atomic E-state index is 13.6. The molecule has 3 amide bonds. The number of pyridine rings is 1. The van der Waals surface area contributed by atoms with Crippen LogP contribution in [0.5, 0.6) is 0 Å². The lowest BCUT2D eigenvalue weighted by molar-refractivity contribution is -0.132. The Kier molecular flexibility index (Phi) is 4.97. The fraction of sp³-hybridized carbons (Fsp3) is 0.333. The molecule has 1 aromatic carbocycles. The Morgan fingerprint density at radius 3 is 2.91 bits per heavy atom. The summed E-state index contributed by atoms with van der Waals surface area (Å²) in [5.41, 5.74) is 1.97. The molecule has 1 aliphatic carbocycles. The maximum Gasteiger partial charge on any atom is 0.340 e. The number of urea groups is 1. The first kappa shape index (κ1) is 20.6. The van der Waals surface area contributed by atoms with Gasteiger partial charge in [-0.05, 0) is 56.2 Å². The predicted molar refractivity (Wildman–Crippen MR) is 120 cm³/mol. The number of esters is 1. The van der Waals surface area contributed by atoms with Crippen LogP contribution in [0.2, 0.25) is 0 Å². The van der Waals surface area contributed by atoms with E-state index in [2.05, 4.69) is 10.3 Å². The zero-order valence-corrected chi connectivity index (χ0v) is 18.8. The molecular formula is C24H23N3O4S. The second-order valence-corrected chi connectivity index (χ2v) is 9.13. The van der Waals surface area contributed by atoms with Gasteiger partial charge in [0.2, 0.25) is 0 Å². The van der Waals surface area contributed by atoms with E-state index >= 15 is 0 Å². The lowest BCUT2D eigenvalue weighted by Crippen LogP contribution is -2.46. The molecule has 7 nitrogen and oxygen atoms in total. The summed E-state index contributed by atoms with van der Waals surface area (Å²) in [6.07, 6.45) is 2.30. The summed E-state index contributed by atoms with van der Waals surface area (Å²) in [6.45, 7) is 3.71. The van der Waals surface area contributed by atoms with Gasteiger partial charge in [0.25, 0.3) is 5.91 Å². The van der Waals surface area contributed by atoms with Crippen LogP contribution in [0, 0.1) is 6.92 Å². The third-order valence-electron chi connectivity index (χ3n) is 6.35. The number of para-hydroxylation sites is 1. The van der Waals surface area contributed by atoms with Gasteiger partial charge in [0.05, 0.1) is 29.9 Å². The number of imide groups is 1. The largest absolute Gasteiger partial charge is 0.462 e. The van der Waals surface area contributed by atoms with Crippen LogP contribution in [-0.4, -0.2) is 34.4 Å². The average Bonchev–Trinajstić information content (AvgIpc) is 3.35. The second kappa shape index (κ2) is 7.70. The van der Waals surface area contributed by atoms with E-state index in [1.54, 1.807) is 18.3 Å². The topological polar surface area (TPSA) is 88.6 Å². The van der Waals surface area contributed by atoms with Crippen molar-refractivity contribution in [3.8, 4) is 0 Å². The number of ether oxygens (including phenoxy) is 1. The Hall–Kier alpha value is -3.26. The first-order chi connectivity index (χ1) is 15.5. The van der Waals surface area contributed by atoms with Gasteiger partial charge in [0, 0.05) is 15.8 Å². The molecule has 0 saturated carbocycles. The average molecular weight is 450 g/mol. The normalized spacial score (nSPS) is 20.0. The highest BCUT2D eigenvalue weighted by Crippen LogP contribution is 2.42. The molecule has 2 aromatic heterocycles. The zero-order valence-electron chi connectivity index (χ0n) is 17.9. The first-order valence-corrected chi connectivity index (χ1v) is 11.6. The van der Waals surface area contributed by atoms with Crippen molar-refractivity contribution in [1.82, 2.24) is 15.2 Å². The summed E-state index contributed by atoms with van der Waals surface area (Å²) in [7, 11) is 0. The number of rotatable bonds is 4. The van der Waals surface area contributed by atoms with Crippen LogP contribution >= 0.6 is 11.3 Å². The summed E-state index contributed by atoms with van der Waals surface area (Å²) in [5.74, 6) is -0.790. The summed E-state index contributed by atoms with van der Waals surface area (Å²) in [4.78, 5) is 46.4. The van der Waals surface area contributed by atoms with Gasteiger partial charge < -0.3 is 10.1 Å². The van der Waals surface area contributed by atoms with Gasteiger partial charge in [-0.15, -0.1) is 11.3 Å². The van der Waals surface area contributed by atoms with Gasteiger partial charge in [-0.25, -0.2) is 14.6 Å². The number of carbonyl (C=O) groups is 3. The number of hydrogen-bond donors (Lipinski definition) is 1. The third-order valence-corrected chi connectivity index (χ3v) is 7.33. The van der Waals surface area contributed by atoms with Gasteiger partial charge in [0.15, 0.2) is 0 Å². The Morgan fingerprint density at radius 1 is 1.28 bits per heavy atom. The van der Waals surface area contributed by atoms with E-state index in [0.29, 0.717) is 23.2 Å². The molecule has 32 heavy (non-hydrogen) atoms. The number of fused-ring (bicyclic) bond motifs is 3. The number of carbonyl (C=O) groups excluding carboxylic acids is 3. The molecule has 0 bridgehead atoms. The molecule has 1 atom stereocenters. The molecule has 164 valence electrons. The van der Waals surface area contributed by atoms with Crippen molar-refractivity contribution in [1.29, 1.82) is 0 Å². The standard InChI is InChI=1S/C24H23N3O4S/c1-3-31-21(28)20-14(2)15-7-4-5-8-17(15)25-18(20)13-27-22(29)24(26-23(27)30)11-6-9-19-16(24)10-12-32-19/h4-5,7-8,10,12H,3,6,9,11,13H2,1-2H3,(H,26,30)/t24-/m0/s1. The Morgan fingerprint density at radius 2 is 2.09 bits per heavy atom. The third kappa shape index (κ3) is 3.01. The van der Waals surface area contributed by atoms with E-state index in [-0.39, 0.29) is 19.1 Å². The molecule has 0 radical (unpaired) electrons. The molecule has 5 rings (SSSR count). The van der Waals surface area contributed by atoms with Gasteiger partial charge in [0.1, 0.15) is 5.54 Å². The number of nitrogens with zero attached hydrogens (tertiary/aromatic N) is 2. The van der Waals surface area contributed by atoms with Crippen molar-refractivity contribution < 1.29 is 19.1 Å². The maximum absolute atomic E-state index is 13.6. The van der Waals surface area contributed by atoms with E-state index in [0.717, 1.165) is 34.2 Å². The highest BCUT2D eigenvalue weighted by Gasteiger charge is 2.54. The smallest absolute Gasteiger partial charge is 0.340 e. The van der Waals surface area contributed by atoms with Crippen molar-refractivity contribution in [3.63, 3.8) is 0 Å². The lowest BCUT2D eigenvalue weighted by atomic mass is 9.80. The molecule has 1 N–H and O–H groups in total. The summed E-state index contributed by atoms with van der Waals surface area (Å²) >= 11 is 1.61. The SMILES string of the molecule is CCOC(=O)c1c(CN2C(=O)N[C@]3(CCCc4sccc43)C2=O)nc2ccccc2c1C. The summed E-state index contributed by atoms with van der Waals surface area (Å²) in [5, 5.41) is 5.76. The van der Waals surface area contributed by atoms with Gasteiger partial charge in [-0.3, -0.25) is 9.69 Å². The van der Waals surface area contributed by atoms with Gasteiger partial charge in [-0.1, -0.05) is 18.2 Å². The second-order valence-electron chi connectivity index (χ2n) is 8.13. The van der Waals surface area contributed by atoms with Crippen LogP contribution in [0.3, 0.4) is 0 Å². The van der Waals surface area contributed by atoms with E-state index in [4.69, 9.17) is 4.74 Å². The fourth-order valence-corrected chi connectivity index (χ4v) is 5.86. The van der Waals surface area contributed by atoms with Crippen LogP contribution in [0.1, 0.15) is 51.8 Å². The minimum absolute atomic E-state index is 0.0916. The van der Waals surface area contributed by atoms with E-state index in [9.17, 15) is 14.4 Å². The highest BCUT2D eigenvalue weighted by molar-refractivity contribution is 7.10. The van der Waals surface area contributed by atoms with Gasteiger partial charge >= 0.3 is 12.0 Å². The van der Waals surface area contributed by atoms with Crippen LogP contribution in [0.15, 0.2) is 35.7 Å². The first-order valence-electron chi connectivity index (χ1n) is 10.7. The van der Waals surface area contributed by atoms with Crippen LogP contribution in [0.4, 0.5) is 4.79 Å². The number of aryl methyl sites for hydroxylation is 2. The summed E-state index contributed by atoms with van der Waals surface area (Å²) < 4.78 is 5.28. The monoisotopic (exact) mass is 449 g/mol. The van der Waals surface area contributed by atoms with Crippen molar-refractivity contribution in [2.75, 3.05) is 6.61 Å². The Labute approximate surface area is 189 Å². The minimum atomic E-state index is -1.03. The number of nitrogens with one attached hydrogen (secondary N) is 1. The Balaban J connectivity index is 1.58. The molecule has 3 heterocycles. The molecule has 1 aliphatic heterocycles. The van der Waals surface area contributed by atoms with Crippen molar-refractivity contribution in [3.05, 3.63) is 63.0 Å². The van der Waals surface area contributed by atoms with Crippen molar-refractivity contribution >= 4 is 40.1 Å². The lowest BCUT2D eigenvalue weighted by Gasteiger charge is -2.31. The minimum Gasteiger partial charge on any atom is -0.462 e. The quantitative estimate of drug-likeness (QED) is 0.479. The van der Waals surface area contributed by atoms with Crippen molar-refractivity contribution in [2.24, 2.45) is 0 Å². The van der Waals surface area contributed by atoms with Crippen LogP contribution < -0.4 is 5.32 Å². The molecule has 0 unspecified atom stereocenters. The Bertz CT molecular complexity index is 1270. The predicted octanol–water partition coefficient (Wildman–Crippen LogP) is 4.07. The molecular weight excluding hydrogens is 426 g/mol. The van der Waals surface area contributed by atoms with E-state index in [1.165, 1.54) is 4.90 Å². The molecule has 8 heteroatoms. The highest BCUT2D eigenvalue weighted by atomic mass is 32.1. The number of hydrogen-bond acceptors (Lipinski definition) is 6. The fourth-order valence-electron chi connectivity index (χ4n) is 4.86. The van der Waals surface area contributed by atoms with Crippen LogP contribution in [0.25, 0.3) is 10.9 Å². The van der Waals surface area contributed by atoms with Crippen molar-refractivity contribution in [2.45, 2.75) is 45.2 Å². The van der Waals surface area contributed by atoms with Gasteiger partial charge in [-0.2, -0.15) is 0 Å². The number of thiophene rings is 1. The molecule has 1 spiro atoms. The summed E-state index contributed by atoms with van der Waals surface area (Å²) in [6, 6.07) is 8.97. The number of aromatic nitrogens is 1. The van der Waals surface area contributed by atoms with E-state index in [1.807, 2.05) is 42.6 Å². The molecule has 3 aromatic rings. The molecule has 2 aliphatic rings. The molecule has 1 fully saturated rings. The number of amides is 3. The molecule has 1 saturated heterocycles. The van der Waals surface area contributed by atoms with E-state index < -0.39 is 17.5 Å². The number of benzene rings is 1. The zero-order chi connectivity index (χ0) is 22.5.